The average molecular weight is 753 g/mol. The van der Waals surface area contributed by atoms with E-state index in [0.29, 0.717) is 55.0 Å². The van der Waals surface area contributed by atoms with Crippen molar-refractivity contribution in [2.24, 2.45) is 5.92 Å². The molecule has 10 heteroatoms. The molecular weight excluding hydrogens is 688 g/mol. The van der Waals surface area contributed by atoms with Gasteiger partial charge in [0.05, 0.1) is 31.5 Å². The number of hydrogen-bond donors (Lipinski definition) is 0. The van der Waals surface area contributed by atoms with Crippen LogP contribution in [0.3, 0.4) is 0 Å². The topological polar surface area (TPSA) is 124 Å². The third-order valence-corrected chi connectivity index (χ3v) is 8.88. The zero-order valence-electron chi connectivity index (χ0n) is 33.2. The van der Waals surface area contributed by atoms with Gasteiger partial charge in [0.1, 0.15) is 17.2 Å². The lowest BCUT2D eigenvalue weighted by Crippen LogP contribution is -2.20. The number of unbranched alkanes of at least 4 members (excludes halogenated alkanes) is 8. The van der Waals surface area contributed by atoms with Gasteiger partial charge in [-0.05, 0) is 132 Å². The van der Waals surface area contributed by atoms with E-state index in [2.05, 4.69) is 20.4 Å². The summed E-state index contributed by atoms with van der Waals surface area (Å²) in [6.45, 7) is 13.4. The zero-order valence-corrected chi connectivity index (χ0v) is 33.2. The zero-order chi connectivity index (χ0) is 39.4. The highest BCUT2D eigenvalue weighted by Crippen LogP contribution is 2.26. The van der Waals surface area contributed by atoms with Crippen molar-refractivity contribution < 1.29 is 47.6 Å². The molecule has 0 atom stereocenters. The fourth-order valence-electron chi connectivity index (χ4n) is 5.61. The Kier molecular flexibility index (Phi) is 24.1. The molecule has 10 nitrogen and oxygen atoms in total. The normalized spacial score (nSPS) is 14.9. The van der Waals surface area contributed by atoms with Crippen molar-refractivity contribution in [1.29, 1.82) is 0 Å². The monoisotopic (exact) mass is 752 g/mol. The molecule has 0 radical (unpaired) electrons. The molecule has 0 amide bonds. The Hall–Kier alpha value is -4.18. The molecular formula is C44H64O10. The van der Waals surface area contributed by atoms with Gasteiger partial charge >= 0.3 is 23.9 Å². The van der Waals surface area contributed by atoms with Gasteiger partial charge in [0.25, 0.3) is 0 Å². The average Bonchev–Trinajstić information content (AvgIpc) is 3.15. The number of ether oxygens (including phenoxy) is 6. The van der Waals surface area contributed by atoms with Gasteiger partial charge in [-0.2, -0.15) is 0 Å². The molecule has 1 aliphatic rings. The summed E-state index contributed by atoms with van der Waals surface area (Å²) in [6.07, 6.45) is 17.2. The van der Waals surface area contributed by atoms with Crippen LogP contribution >= 0.6 is 0 Å². The van der Waals surface area contributed by atoms with Gasteiger partial charge in [0, 0.05) is 25.5 Å². The highest BCUT2D eigenvalue weighted by Gasteiger charge is 2.18. The fraction of sp³-hybridized carbons (Fsp3) is 0.591. The van der Waals surface area contributed by atoms with Gasteiger partial charge in [-0.1, -0.05) is 46.1 Å². The van der Waals surface area contributed by atoms with Crippen molar-refractivity contribution in [2.75, 3.05) is 26.4 Å². The van der Waals surface area contributed by atoms with E-state index in [9.17, 15) is 19.2 Å². The van der Waals surface area contributed by atoms with Crippen molar-refractivity contribution in [3.05, 3.63) is 66.2 Å². The van der Waals surface area contributed by atoms with E-state index in [1.54, 1.807) is 55.5 Å². The third-order valence-electron chi connectivity index (χ3n) is 8.88. The lowest BCUT2D eigenvalue weighted by Gasteiger charge is -2.26. The Morgan fingerprint density at radius 1 is 0.630 bits per heavy atom. The molecule has 0 aromatic heterocycles. The molecule has 3 rings (SSSR count). The first kappa shape index (κ1) is 46.0. The van der Waals surface area contributed by atoms with Crippen LogP contribution in [0.5, 0.6) is 17.2 Å². The minimum Gasteiger partial charge on any atom is -0.494 e. The van der Waals surface area contributed by atoms with Crippen molar-refractivity contribution >= 4 is 23.9 Å². The van der Waals surface area contributed by atoms with Crippen LogP contribution in [0.25, 0.3) is 0 Å². The van der Waals surface area contributed by atoms with Gasteiger partial charge in [0.15, 0.2) is 0 Å². The van der Waals surface area contributed by atoms with Crippen LogP contribution in [-0.2, 0) is 28.6 Å². The van der Waals surface area contributed by atoms with Gasteiger partial charge in [-0.3, -0.25) is 9.59 Å². The smallest absolute Gasteiger partial charge is 0.343 e. The number of benzene rings is 2. The highest BCUT2D eigenvalue weighted by molar-refractivity contribution is 5.91. The maximum Gasteiger partial charge on any atom is 0.343 e. The van der Waals surface area contributed by atoms with E-state index >= 15 is 0 Å². The van der Waals surface area contributed by atoms with Crippen LogP contribution in [0, 0.1) is 5.92 Å². The van der Waals surface area contributed by atoms with E-state index in [0.717, 1.165) is 76.1 Å². The molecule has 2 aromatic carbocycles. The van der Waals surface area contributed by atoms with Crippen LogP contribution in [0.1, 0.15) is 141 Å². The lowest BCUT2D eigenvalue weighted by atomic mass is 9.89. The largest absolute Gasteiger partial charge is 0.494 e. The van der Waals surface area contributed by atoms with Crippen molar-refractivity contribution in [3.63, 3.8) is 0 Å². The summed E-state index contributed by atoms with van der Waals surface area (Å²) in [5.41, 5.74) is 0.849. The van der Waals surface area contributed by atoms with Gasteiger partial charge < -0.3 is 28.4 Å². The number of rotatable bonds is 24. The number of esters is 4. The van der Waals surface area contributed by atoms with Crippen molar-refractivity contribution in [3.8, 4) is 17.2 Å². The molecule has 2 aromatic rings. The van der Waals surface area contributed by atoms with Crippen LogP contribution < -0.4 is 14.2 Å². The second kappa shape index (κ2) is 28.3. The predicted octanol–water partition coefficient (Wildman–Crippen LogP) is 10.2. The molecule has 0 unspecified atom stereocenters. The number of carbonyl (C=O) groups is 4. The van der Waals surface area contributed by atoms with Gasteiger partial charge in [-0.25, -0.2) is 9.59 Å². The summed E-state index contributed by atoms with van der Waals surface area (Å²) in [6, 6.07) is 13.2. The Labute approximate surface area is 323 Å². The maximum absolute atomic E-state index is 12.2. The molecule has 1 aliphatic carbocycles. The molecule has 300 valence electrons. The first-order chi connectivity index (χ1) is 26.1. The van der Waals surface area contributed by atoms with E-state index in [-0.39, 0.29) is 11.9 Å². The highest BCUT2D eigenvalue weighted by atomic mass is 16.5. The summed E-state index contributed by atoms with van der Waals surface area (Å²) in [7, 11) is 0. The summed E-state index contributed by atoms with van der Waals surface area (Å²) in [4.78, 5) is 45.9. The molecule has 1 fully saturated rings. The summed E-state index contributed by atoms with van der Waals surface area (Å²) in [5.74, 6) is 1.04. The Morgan fingerprint density at radius 3 is 1.78 bits per heavy atom. The molecule has 0 aliphatic heterocycles. The molecule has 1 saturated carbocycles. The molecule has 54 heavy (non-hydrogen) atoms. The predicted molar refractivity (Wildman–Crippen MR) is 210 cm³/mol. The first-order valence-corrected chi connectivity index (χ1v) is 19.9. The van der Waals surface area contributed by atoms with E-state index in [1.165, 1.54) is 45.4 Å². The molecule has 0 heterocycles. The minimum absolute atomic E-state index is 0.131. The fourth-order valence-corrected chi connectivity index (χ4v) is 5.61. The summed E-state index contributed by atoms with van der Waals surface area (Å²) < 4.78 is 32.1. The van der Waals surface area contributed by atoms with Crippen LogP contribution in [-0.4, -0.2) is 56.4 Å². The Morgan fingerprint density at radius 2 is 1.17 bits per heavy atom. The van der Waals surface area contributed by atoms with Gasteiger partial charge in [-0.15, -0.1) is 0 Å². The van der Waals surface area contributed by atoms with E-state index < -0.39 is 11.9 Å². The van der Waals surface area contributed by atoms with Crippen LogP contribution in [0.4, 0.5) is 0 Å². The Bertz CT molecular complexity index is 1360. The summed E-state index contributed by atoms with van der Waals surface area (Å²) in [5, 5.41) is 0. The first-order valence-electron chi connectivity index (χ1n) is 19.9. The minimum atomic E-state index is -0.459. The van der Waals surface area contributed by atoms with E-state index in [4.69, 9.17) is 28.4 Å². The van der Waals surface area contributed by atoms with Gasteiger partial charge in [0.2, 0.25) is 0 Å². The second-order valence-corrected chi connectivity index (χ2v) is 14.0. The van der Waals surface area contributed by atoms with Crippen molar-refractivity contribution in [2.45, 2.75) is 137 Å². The quantitative estimate of drug-likeness (QED) is 0.0443. The maximum atomic E-state index is 12.2. The Balaban J connectivity index is 0.000000374. The SMILES string of the molecule is C=C(C)C(=O)OCCCCCC(=O)OCCCCCCOC1CCC(C)CC1.CCCCCCOc1ccc(C(=O)Oc2ccc(OC(C)=O)cc2)cc1. The third kappa shape index (κ3) is 22.1. The van der Waals surface area contributed by atoms with Crippen LogP contribution in [0.15, 0.2) is 60.7 Å². The standard InChI is InChI=1S/C23H40O5.C21H24O5/c1-19(2)23(25)28-18-10-6-7-11-22(24)27-17-9-5-4-8-16-26-21-14-12-20(3)13-15-21;1-3-4-5-6-15-24-18-9-7-17(8-10-18)21(23)26-20-13-11-19(12-14-20)25-16(2)22/h20-21H,1,4-18H2,2-3H3;7-14H,3-6,15H2,1-2H3. The molecule has 0 saturated heterocycles. The van der Waals surface area contributed by atoms with Crippen LogP contribution in [0.2, 0.25) is 0 Å². The molecule has 0 bridgehead atoms. The van der Waals surface area contributed by atoms with Crippen molar-refractivity contribution in [1.82, 2.24) is 0 Å². The molecule has 0 spiro atoms. The second-order valence-electron chi connectivity index (χ2n) is 14.0. The number of carbonyl (C=O) groups excluding carboxylic acids is 4. The lowest BCUT2D eigenvalue weighted by molar-refractivity contribution is -0.144. The van der Waals surface area contributed by atoms with E-state index in [1.807, 2.05) is 0 Å². The molecule has 0 N–H and O–H groups in total. The summed E-state index contributed by atoms with van der Waals surface area (Å²) >= 11 is 0. The number of hydrogen-bond acceptors (Lipinski definition) is 10.